The summed E-state index contributed by atoms with van der Waals surface area (Å²) in [7, 11) is 1.84. The lowest BCUT2D eigenvalue weighted by Gasteiger charge is -2.23. The molecule has 1 aliphatic heterocycles. The lowest BCUT2D eigenvalue weighted by Crippen LogP contribution is -2.37. The van der Waals surface area contributed by atoms with E-state index in [1.807, 2.05) is 20.9 Å². The van der Waals surface area contributed by atoms with Crippen LogP contribution in [0.3, 0.4) is 0 Å². The molecule has 1 saturated heterocycles. The van der Waals surface area contributed by atoms with Crippen molar-refractivity contribution in [3.63, 3.8) is 0 Å². The van der Waals surface area contributed by atoms with Crippen LogP contribution in [0.25, 0.3) is 0 Å². The summed E-state index contributed by atoms with van der Waals surface area (Å²) in [5, 5.41) is 0. The average molecular weight is 228 g/mol. The van der Waals surface area contributed by atoms with Crippen molar-refractivity contribution in [2.24, 2.45) is 5.73 Å². The van der Waals surface area contributed by atoms with Crippen molar-refractivity contribution in [3.05, 3.63) is 0 Å². The maximum atomic E-state index is 11.8. The standard InChI is InChI=1S/C12H24N2O2/c1-12(2,13)7-6-11(15)14(3)9-10-5-4-8-16-10/h10H,4-9,13H2,1-3H3. The largest absolute Gasteiger partial charge is 0.376 e. The zero-order chi connectivity index (χ0) is 12.2. The van der Waals surface area contributed by atoms with E-state index in [9.17, 15) is 4.79 Å². The molecule has 0 aromatic rings. The first-order valence-corrected chi connectivity index (χ1v) is 6.03. The molecule has 4 heteroatoms. The summed E-state index contributed by atoms with van der Waals surface area (Å²) in [5.74, 6) is 0.161. The van der Waals surface area contributed by atoms with Crippen LogP contribution in [0.15, 0.2) is 0 Å². The molecule has 0 bridgehead atoms. The highest BCUT2D eigenvalue weighted by Gasteiger charge is 2.21. The molecule has 0 spiro atoms. The number of carbonyl (C=O) groups excluding carboxylic acids is 1. The minimum atomic E-state index is -0.264. The Bertz CT molecular complexity index is 230. The summed E-state index contributed by atoms with van der Waals surface area (Å²) >= 11 is 0. The molecule has 2 N–H and O–H groups in total. The van der Waals surface area contributed by atoms with Crippen molar-refractivity contribution >= 4 is 5.91 Å². The topological polar surface area (TPSA) is 55.6 Å². The summed E-state index contributed by atoms with van der Waals surface area (Å²) in [4.78, 5) is 13.6. The van der Waals surface area contributed by atoms with Gasteiger partial charge in [-0.1, -0.05) is 0 Å². The number of likely N-dealkylation sites (N-methyl/N-ethyl adjacent to an activating group) is 1. The van der Waals surface area contributed by atoms with Gasteiger partial charge in [0.1, 0.15) is 0 Å². The Kier molecular flexibility index (Phi) is 4.74. The maximum Gasteiger partial charge on any atom is 0.222 e. The second-order valence-corrected chi connectivity index (χ2v) is 5.40. The minimum absolute atomic E-state index is 0.161. The van der Waals surface area contributed by atoms with Gasteiger partial charge in [-0.3, -0.25) is 4.79 Å². The Morgan fingerprint density at radius 2 is 2.25 bits per heavy atom. The van der Waals surface area contributed by atoms with Gasteiger partial charge in [-0.15, -0.1) is 0 Å². The highest BCUT2D eigenvalue weighted by Crippen LogP contribution is 2.14. The first-order chi connectivity index (χ1) is 7.38. The Hall–Kier alpha value is -0.610. The van der Waals surface area contributed by atoms with Crippen molar-refractivity contribution < 1.29 is 9.53 Å². The smallest absolute Gasteiger partial charge is 0.222 e. The fraction of sp³-hybridized carbons (Fsp3) is 0.917. The molecule has 1 unspecified atom stereocenters. The fourth-order valence-corrected chi connectivity index (χ4v) is 1.82. The molecule has 94 valence electrons. The minimum Gasteiger partial charge on any atom is -0.376 e. The SMILES string of the molecule is CN(CC1CCCO1)C(=O)CCC(C)(C)N. The van der Waals surface area contributed by atoms with Crippen molar-refractivity contribution in [1.82, 2.24) is 4.90 Å². The van der Waals surface area contributed by atoms with Gasteiger partial charge in [0.25, 0.3) is 0 Å². The van der Waals surface area contributed by atoms with Crippen LogP contribution in [-0.2, 0) is 9.53 Å². The molecule has 0 aromatic carbocycles. The summed E-state index contributed by atoms with van der Waals surface area (Å²) in [5.41, 5.74) is 5.59. The van der Waals surface area contributed by atoms with E-state index in [0.29, 0.717) is 13.0 Å². The van der Waals surface area contributed by atoms with Crippen LogP contribution in [0, 0.1) is 0 Å². The van der Waals surface area contributed by atoms with Gasteiger partial charge in [-0.05, 0) is 33.1 Å². The quantitative estimate of drug-likeness (QED) is 0.767. The Morgan fingerprint density at radius 3 is 2.75 bits per heavy atom. The molecule has 0 aliphatic carbocycles. The molecule has 0 radical (unpaired) electrons. The van der Waals surface area contributed by atoms with Crippen LogP contribution < -0.4 is 5.73 Å². The van der Waals surface area contributed by atoms with E-state index in [0.717, 1.165) is 25.9 Å². The van der Waals surface area contributed by atoms with Gasteiger partial charge >= 0.3 is 0 Å². The molecule has 1 aliphatic rings. The third-order valence-corrected chi connectivity index (χ3v) is 2.91. The van der Waals surface area contributed by atoms with Crippen LogP contribution in [0.5, 0.6) is 0 Å². The number of hydrogen-bond acceptors (Lipinski definition) is 3. The predicted octanol–water partition coefficient (Wildman–Crippen LogP) is 1.14. The highest BCUT2D eigenvalue weighted by molar-refractivity contribution is 5.75. The Balaban J connectivity index is 2.24. The highest BCUT2D eigenvalue weighted by atomic mass is 16.5. The van der Waals surface area contributed by atoms with E-state index in [4.69, 9.17) is 10.5 Å². The number of rotatable bonds is 5. The second-order valence-electron chi connectivity index (χ2n) is 5.40. The van der Waals surface area contributed by atoms with Crippen molar-refractivity contribution in [1.29, 1.82) is 0 Å². The number of ether oxygens (including phenoxy) is 1. The second kappa shape index (κ2) is 5.64. The number of amides is 1. The van der Waals surface area contributed by atoms with Crippen LogP contribution in [0.1, 0.15) is 39.5 Å². The molecule has 1 rings (SSSR count). The molecular weight excluding hydrogens is 204 g/mol. The predicted molar refractivity (Wildman–Crippen MR) is 64.1 cm³/mol. The number of hydrogen-bond donors (Lipinski definition) is 1. The van der Waals surface area contributed by atoms with Gasteiger partial charge in [0.05, 0.1) is 6.10 Å². The molecule has 1 heterocycles. The molecule has 0 saturated carbocycles. The van der Waals surface area contributed by atoms with E-state index in [1.54, 1.807) is 4.90 Å². The molecule has 1 amide bonds. The summed E-state index contributed by atoms with van der Waals surface area (Å²) < 4.78 is 5.50. The monoisotopic (exact) mass is 228 g/mol. The van der Waals surface area contributed by atoms with E-state index in [1.165, 1.54) is 0 Å². The first kappa shape index (κ1) is 13.5. The third kappa shape index (κ3) is 4.94. The normalized spacial score (nSPS) is 21.1. The summed E-state index contributed by atoms with van der Waals surface area (Å²) in [6.45, 7) is 5.44. The summed E-state index contributed by atoms with van der Waals surface area (Å²) in [6.07, 6.45) is 3.66. The molecular formula is C12H24N2O2. The van der Waals surface area contributed by atoms with Gasteiger partial charge in [-0.2, -0.15) is 0 Å². The molecule has 0 aromatic heterocycles. The van der Waals surface area contributed by atoms with Gasteiger partial charge in [0, 0.05) is 32.2 Å². The molecule has 4 nitrogen and oxygen atoms in total. The first-order valence-electron chi connectivity index (χ1n) is 6.03. The zero-order valence-electron chi connectivity index (χ0n) is 10.7. The van der Waals surface area contributed by atoms with Gasteiger partial charge in [-0.25, -0.2) is 0 Å². The van der Waals surface area contributed by atoms with E-state index in [-0.39, 0.29) is 17.6 Å². The fourth-order valence-electron chi connectivity index (χ4n) is 1.82. The van der Waals surface area contributed by atoms with E-state index >= 15 is 0 Å². The lowest BCUT2D eigenvalue weighted by atomic mass is 10.00. The zero-order valence-corrected chi connectivity index (χ0v) is 10.7. The van der Waals surface area contributed by atoms with E-state index < -0.39 is 0 Å². The van der Waals surface area contributed by atoms with Gasteiger partial charge < -0.3 is 15.4 Å². The molecule has 1 fully saturated rings. The van der Waals surface area contributed by atoms with Gasteiger partial charge in [0.2, 0.25) is 5.91 Å². The Morgan fingerprint density at radius 1 is 1.56 bits per heavy atom. The van der Waals surface area contributed by atoms with Crippen molar-refractivity contribution in [2.45, 2.75) is 51.2 Å². The van der Waals surface area contributed by atoms with Crippen LogP contribution in [-0.4, -0.2) is 42.6 Å². The van der Waals surface area contributed by atoms with Crippen LogP contribution in [0.4, 0.5) is 0 Å². The maximum absolute atomic E-state index is 11.8. The van der Waals surface area contributed by atoms with Crippen molar-refractivity contribution in [2.75, 3.05) is 20.2 Å². The van der Waals surface area contributed by atoms with Gasteiger partial charge in [0.15, 0.2) is 0 Å². The van der Waals surface area contributed by atoms with Crippen molar-refractivity contribution in [3.8, 4) is 0 Å². The average Bonchev–Trinajstić information content (AvgIpc) is 2.65. The Labute approximate surface area is 98.1 Å². The molecule has 1 atom stereocenters. The lowest BCUT2D eigenvalue weighted by molar-refractivity contribution is -0.131. The third-order valence-electron chi connectivity index (χ3n) is 2.91. The van der Waals surface area contributed by atoms with Crippen LogP contribution >= 0.6 is 0 Å². The number of nitrogens with zero attached hydrogens (tertiary/aromatic N) is 1. The molecule has 16 heavy (non-hydrogen) atoms. The van der Waals surface area contributed by atoms with E-state index in [2.05, 4.69) is 0 Å². The number of carbonyl (C=O) groups is 1. The number of nitrogens with two attached hydrogens (primary N) is 1. The van der Waals surface area contributed by atoms with Crippen LogP contribution in [0.2, 0.25) is 0 Å². The summed E-state index contributed by atoms with van der Waals surface area (Å²) in [6, 6.07) is 0.